The molecule has 0 bridgehead atoms. The molecule has 0 amide bonds. The van der Waals surface area contributed by atoms with E-state index in [0.29, 0.717) is 11.2 Å². The minimum absolute atomic E-state index is 0.204. The fourth-order valence-electron chi connectivity index (χ4n) is 2.76. The number of phenols is 1. The second-order valence-electron chi connectivity index (χ2n) is 5.02. The van der Waals surface area contributed by atoms with Crippen LogP contribution in [-0.2, 0) is 0 Å². The quantitative estimate of drug-likeness (QED) is 0.392. The molecule has 4 rings (SSSR count). The average Bonchev–Trinajstić information content (AvgIpc) is 2.75. The lowest BCUT2D eigenvalue weighted by molar-refractivity contribution is -0.547. The van der Waals surface area contributed by atoms with E-state index in [2.05, 4.69) is 0 Å². The Morgan fingerprint density at radius 3 is 2.80 bits per heavy atom. The summed E-state index contributed by atoms with van der Waals surface area (Å²) in [6.45, 7) is 1.85. The molecule has 0 saturated carbocycles. The third-order valence-electron chi connectivity index (χ3n) is 3.79. The van der Waals surface area contributed by atoms with Crippen molar-refractivity contribution >= 4 is 27.5 Å². The number of imidazole rings is 1. The maximum absolute atomic E-state index is 12.5. The summed E-state index contributed by atoms with van der Waals surface area (Å²) in [5.74, 6) is 0.204. The highest BCUT2D eigenvalue weighted by atomic mass is 16.5. The summed E-state index contributed by atoms with van der Waals surface area (Å²) < 4.78 is 2.78. The maximum Gasteiger partial charge on any atom is 0.298 e. The minimum atomic E-state index is 0.204. The Kier molecular flexibility index (Phi) is 2.02. The first-order valence-corrected chi connectivity index (χ1v) is 6.41. The molecule has 1 N–H and O–H groups in total. The van der Waals surface area contributed by atoms with Crippen LogP contribution in [0.5, 0.6) is 5.75 Å². The number of fused-ring (bicyclic) bond motifs is 5. The van der Waals surface area contributed by atoms with Gasteiger partial charge in [0.1, 0.15) is 5.75 Å². The number of hydrogen-bond donors (Lipinski definition) is 1. The standard InChI is InChI=1S/C16H12N2O2/c1-10-8-11-6-7-17-13-4-2-3-5-14(13)18(20)16(17)12(11)9-15(10)19/h2-9,19H,1H3. The molecule has 0 unspecified atom stereocenters. The van der Waals surface area contributed by atoms with Gasteiger partial charge in [-0.3, -0.25) is 0 Å². The smallest absolute Gasteiger partial charge is 0.298 e. The summed E-state index contributed by atoms with van der Waals surface area (Å²) in [6.07, 6.45) is 1.89. The van der Waals surface area contributed by atoms with Gasteiger partial charge < -0.3 is 10.3 Å². The summed E-state index contributed by atoms with van der Waals surface area (Å²) in [5.41, 5.74) is 2.83. The molecule has 4 aromatic rings. The Bertz CT molecular complexity index is 986. The number of aryl methyl sites for hydroxylation is 1. The van der Waals surface area contributed by atoms with Crippen molar-refractivity contribution in [1.29, 1.82) is 0 Å². The van der Waals surface area contributed by atoms with Crippen molar-refractivity contribution in [2.45, 2.75) is 6.92 Å². The van der Waals surface area contributed by atoms with E-state index in [1.807, 2.05) is 47.9 Å². The van der Waals surface area contributed by atoms with E-state index in [1.165, 1.54) is 0 Å². The number of benzene rings is 2. The number of nitrogens with zero attached hydrogens (tertiary/aromatic N) is 2. The number of pyridine rings is 1. The Labute approximate surface area is 114 Å². The van der Waals surface area contributed by atoms with Crippen LogP contribution in [0.15, 0.2) is 48.7 Å². The first-order chi connectivity index (χ1) is 9.66. The molecule has 0 aliphatic rings. The van der Waals surface area contributed by atoms with Gasteiger partial charge in [-0.1, -0.05) is 12.1 Å². The second-order valence-corrected chi connectivity index (χ2v) is 5.02. The molecule has 0 radical (unpaired) electrons. The van der Waals surface area contributed by atoms with Crippen LogP contribution < -0.4 is 4.73 Å². The van der Waals surface area contributed by atoms with Crippen molar-refractivity contribution in [3.05, 3.63) is 59.4 Å². The molecule has 2 heterocycles. The molecule has 0 saturated heterocycles. The summed E-state index contributed by atoms with van der Waals surface area (Å²) in [6, 6.07) is 13.0. The molecule has 4 nitrogen and oxygen atoms in total. The van der Waals surface area contributed by atoms with E-state index >= 15 is 0 Å². The Morgan fingerprint density at radius 2 is 1.95 bits per heavy atom. The highest BCUT2D eigenvalue weighted by Crippen LogP contribution is 2.28. The van der Waals surface area contributed by atoms with Gasteiger partial charge in [0.25, 0.3) is 5.65 Å². The lowest BCUT2D eigenvalue weighted by Gasteiger charge is -2.04. The Morgan fingerprint density at radius 1 is 1.15 bits per heavy atom. The Hall–Kier alpha value is -2.75. The molecule has 2 aromatic heterocycles. The van der Waals surface area contributed by atoms with Gasteiger partial charge in [0.05, 0.1) is 11.6 Å². The number of aromatic nitrogens is 2. The molecule has 0 spiro atoms. The van der Waals surface area contributed by atoms with Crippen molar-refractivity contribution in [3.63, 3.8) is 0 Å². The predicted octanol–water partition coefficient (Wildman–Crippen LogP) is 2.89. The van der Waals surface area contributed by atoms with Crippen LogP contribution >= 0.6 is 0 Å². The number of phenolic OH excluding ortho intramolecular Hbond substituents is 1. The molecule has 0 aliphatic carbocycles. The van der Waals surface area contributed by atoms with E-state index in [1.54, 1.807) is 12.1 Å². The van der Waals surface area contributed by atoms with Gasteiger partial charge in [0.15, 0.2) is 11.0 Å². The first-order valence-electron chi connectivity index (χ1n) is 6.41. The summed E-state index contributed by atoms with van der Waals surface area (Å²) in [7, 11) is 0. The highest BCUT2D eigenvalue weighted by Gasteiger charge is 2.17. The second kappa shape index (κ2) is 3.63. The van der Waals surface area contributed by atoms with Crippen LogP contribution in [-0.4, -0.2) is 9.51 Å². The molecule has 0 fully saturated rings. The fourth-order valence-corrected chi connectivity index (χ4v) is 2.76. The zero-order chi connectivity index (χ0) is 13.9. The van der Waals surface area contributed by atoms with Crippen LogP contribution in [0.4, 0.5) is 0 Å². The predicted molar refractivity (Wildman–Crippen MR) is 77.8 cm³/mol. The summed E-state index contributed by atoms with van der Waals surface area (Å²) in [4.78, 5) is 0. The maximum atomic E-state index is 12.5. The largest absolute Gasteiger partial charge is 0.710 e. The van der Waals surface area contributed by atoms with Crippen LogP contribution in [0.1, 0.15) is 5.56 Å². The van der Waals surface area contributed by atoms with Crippen molar-refractivity contribution in [3.8, 4) is 5.75 Å². The van der Waals surface area contributed by atoms with E-state index < -0.39 is 0 Å². The topological polar surface area (TPSA) is 51.6 Å². The molecule has 2 aromatic carbocycles. The molecule has 0 atom stereocenters. The molecule has 20 heavy (non-hydrogen) atoms. The normalized spacial score (nSPS) is 11.7. The third kappa shape index (κ3) is 1.28. The molecule has 98 valence electrons. The van der Waals surface area contributed by atoms with E-state index in [9.17, 15) is 10.3 Å². The zero-order valence-electron chi connectivity index (χ0n) is 10.9. The van der Waals surface area contributed by atoms with Crippen LogP contribution in [0, 0.1) is 12.1 Å². The molecule has 0 aliphatic heterocycles. The van der Waals surface area contributed by atoms with Crippen molar-refractivity contribution < 1.29 is 9.84 Å². The van der Waals surface area contributed by atoms with Gasteiger partial charge in [0, 0.05) is 0 Å². The van der Waals surface area contributed by atoms with Gasteiger partial charge in [-0.2, -0.15) is 4.40 Å². The van der Waals surface area contributed by atoms with Crippen molar-refractivity contribution in [2.75, 3.05) is 0 Å². The first kappa shape index (κ1) is 11.1. The van der Waals surface area contributed by atoms with Gasteiger partial charge in [-0.05, 0) is 48.2 Å². The fraction of sp³-hybridized carbons (Fsp3) is 0.0625. The van der Waals surface area contributed by atoms with Crippen LogP contribution in [0.25, 0.3) is 27.5 Å². The number of aromatic hydroxyl groups is 1. The number of para-hydroxylation sites is 2. The van der Waals surface area contributed by atoms with Gasteiger partial charge in [-0.15, -0.1) is 0 Å². The monoisotopic (exact) mass is 264 g/mol. The average molecular weight is 264 g/mol. The molecular weight excluding hydrogens is 252 g/mol. The lowest BCUT2D eigenvalue weighted by atomic mass is 10.1. The van der Waals surface area contributed by atoms with Gasteiger partial charge in [0.2, 0.25) is 0 Å². The number of rotatable bonds is 0. The summed E-state index contributed by atoms with van der Waals surface area (Å²) in [5, 5.41) is 24.1. The van der Waals surface area contributed by atoms with Crippen molar-refractivity contribution in [2.24, 2.45) is 0 Å². The Balaban J connectivity index is 2.33. The van der Waals surface area contributed by atoms with Gasteiger partial charge in [-0.25, -0.2) is 4.73 Å². The molecular formula is C16H12N2O2. The zero-order valence-corrected chi connectivity index (χ0v) is 10.9. The lowest BCUT2D eigenvalue weighted by Crippen LogP contribution is -2.25. The molecule has 4 heteroatoms. The SMILES string of the molecule is Cc1cc2ccn3c4ccccc4[n+]([O-])c3c2cc1O. The number of hydrogen-bond acceptors (Lipinski definition) is 2. The highest BCUT2D eigenvalue weighted by molar-refractivity contribution is 5.96. The minimum Gasteiger partial charge on any atom is -0.710 e. The van der Waals surface area contributed by atoms with Crippen LogP contribution in [0.3, 0.4) is 0 Å². The van der Waals surface area contributed by atoms with Gasteiger partial charge >= 0.3 is 0 Å². The van der Waals surface area contributed by atoms with E-state index in [-0.39, 0.29) is 5.75 Å². The van der Waals surface area contributed by atoms with Crippen molar-refractivity contribution in [1.82, 2.24) is 4.40 Å². The third-order valence-corrected chi connectivity index (χ3v) is 3.79. The van der Waals surface area contributed by atoms with E-state index in [4.69, 9.17) is 0 Å². The summed E-state index contributed by atoms with van der Waals surface area (Å²) >= 11 is 0. The van der Waals surface area contributed by atoms with Crippen LogP contribution in [0.2, 0.25) is 0 Å². The van der Waals surface area contributed by atoms with E-state index in [0.717, 1.165) is 26.6 Å².